The van der Waals surface area contributed by atoms with Gasteiger partial charge in [0.1, 0.15) is 6.67 Å². The van der Waals surface area contributed by atoms with Gasteiger partial charge in [-0.3, -0.25) is 19.2 Å². The number of halogens is 1. The van der Waals surface area contributed by atoms with Crippen molar-refractivity contribution in [3.05, 3.63) is 63.6 Å². The van der Waals surface area contributed by atoms with Gasteiger partial charge in [-0.2, -0.15) is 5.10 Å². The molecule has 2 unspecified atom stereocenters. The quantitative estimate of drug-likeness (QED) is 0.607. The van der Waals surface area contributed by atoms with Gasteiger partial charge in [-0.1, -0.05) is 58.9 Å². The topological polar surface area (TPSA) is 118 Å². The van der Waals surface area contributed by atoms with Gasteiger partial charge < -0.3 is 10.4 Å². The van der Waals surface area contributed by atoms with Crippen LogP contribution in [0.25, 0.3) is 0 Å². The van der Waals surface area contributed by atoms with E-state index in [9.17, 15) is 18.8 Å². The number of amides is 1. The summed E-state index contributed by atoms with van der Waals surface area (Å²) in [5, 5.41) is 14.0. The number of nitrogens with one attached hydrogen (secondary N) is 1. The number of carbonyl (C=O) groups excluding carboxylic acids is 2. The van der Waals surface area contributed by atoms with E-state index in [2.05, 4.69) is 31.2 Å². The Hall–Kier alpha value is -3.36. The number of hydrogen-bond donors (Lipinski definition) is 2. The van der Waals surface area contributed by atoms with E-state index < -0.39 is 36.3 Å². The Balaban J connectivity index is 0.00000174. The van der Waals surface area contributed by atoms with Crippen molar-refractivity contribution in [1.29, 1.82) is 0 Å². The predicted octanol–water partition coefficient (Wildman–Crippen LogP) is 3.85. The van der Waals surface area contributed by atoms with E-state index in [-0.39, 0.29) is 23.1 Å². The fraction of sp³-hybridized carbons (Fsp3) is 0.500. The van der Waals surface area contributed by atoms with Gasteiger partial charge in [0.15, 0.2) is 5.78 Å². The zero-order chi connectivity index (χ0) is 27.3. The van der Waals surface area contributed by atoms with Crippen LogP contribution < -0.4 is 10.9 Å². The predicted molar refractivity (Wildman–Crippen MR) is 134 cm³/mol. The molecular formula is C26H38FN3O5. The van der Waals surface area contributed by atoms with Crippen LogP contribution in [0.2, 0.25) is 0 Å². The Morgan fingerprint density at radius 3 is 2.23 bits per heavy atom. The SMILES string of the molecule is CC.CC(=O)O.CC(NC(=O)C(C)c1ccnn(Cc2cccc(C(C)(C)C)c2)c1=O)C(=O)CF. The lowest BCUT2D eigenvalue weighted by Gasteiger charge is -2.20. The second-order valence-electron chi connectivity index (χ2n) is 8.77. The van der Waals surface area contributed by atoms with E-state index in [0.717, 1.165) is 18.1 Å². The number of carboxylic acids is 1. The van der Waals surface area contributed by atoms with Crippen molar-refractivity contribution >= 4 is 17.7 Å². The summed E-state index contributed by atoms with van der Waals surface area (Å²) < 4.78 is 13.8. The smallest absolute Gasteiger partial charge is 0.300 e. The summed E-state index contributed by atoms with van der Waals surface area (Å²) in [6.45, 7) is 13.6. The van der Waals surface area contributed by atoms with Gasteiger partial charge in [0, 0.05) is 18.7 Å². The highest BCUT2D eigenvalue weighted by Crippen LogP contribution is 2.23. The van der Waals surface area contributed by atoms with Crippen LogP contribution in [0.3, 0.4) is 0 Å². The molecule has 2 aromatic rings. The van der Waals surface area contributed by atoms with Gasteiger partial charge in [-0.25, -0.2) is 9.07 Å². The Bertz CT molecular complexity index is 1040. The lowest BCUT2D eigenvalue weighted by atomic mass is 9.86. The number of rotatable bonds is 7. The Morgan fingerprint density at radius 2 is 1.71 bits per heavy atom. The molecule has 0 aliphatic heterocycles. The molecule has 0 fully saturated rings. The van der Waals surface area contributed by atoms with E-state index in [1.165, 1.54) is 23.9 Å². The summed E-state index contributed by atoms with van der Waals surface area (Å²) >= 11 is 0. The molecule has 0 saturated carbocycles. The first kappa shape index (κ1) is 31.6. The molecule has 1 aromatic heterocycles. The standard InChI is InChI=1S/C22H28FN3O3.C2H4O2.C2H6/c1-14(20(28)25-15(2)19(27)12-23)18-9-10-24-26(21(18)29)13-16-7-6-8-17(11-16)22(3,4)5;1-2(3)4;1-2/h6-11,14-15H,12-13H2,1-5H3,(H,25,28);1H3,(H,3,4);1-2H3. The minimum Gasteiger partial charge on any atom is -0.481 e. The van der Waals surface area contributed by atoms with E-state index in [1.54, 1.807) is 6.92 Å². The van der Waals surface area contributed by atoms with Crippen LogP contribution in [0.1, 0.15) is 78.0 Å². The fourth-order valence-corrected chi connectivity index (χ4v) is 2.89. The summed E-state index contributed by atoms with van der Waals surface area (Å²) in [7, 11) is 0. The molecule has 194 valence electrons. The van der Waals surface area contributed by atoms with Crippen LogP contribution in [0.15, 0.2) is 41.3 Å². The lowest BCUT2D eigenvalue weighted by molar-refractivity contribution is -0.134. The second-order valence-corrected chi connectivity index (χ2v) is 8.77. The Labute approximate surface area is 206 Å². The highest BCUT2D eigenvalue weighted by Gasteiger charge is 2.23. The molecule has 1 heterocycles. The third-order valence-corrected chi connectivity index (χ3v) is 4.90. The summed E-state index contributed by atoms with van der Waals surface area (Å²) in [5.41, 5.74) is 1.96. The number of ketones is 1. The molecule has 35 heavy (non-hydrogen) atoms. The van der Waals surface area contributed by atoms with Crippen molar-refractivity contribution in [2.45, 2.75) is 79.3 Å². The van der Waals surface area contributed by atoms with Crippen LogP contribution in [-0.4, -0.2) is 45.3 Å². The first-order chi connectivity index (χ1) is 16.3. The molecule has 1 aromatic carbocycles. The van der Waals surface area contributed by atoms with E-state index in [4.69, 9.17) is 9.90 Å². The highest BCUT2D eigenvalue weighted by atomic mass is 19.1. The first-order valence-electron chi connectivity index (χ1n) is 11.5. The number of benzene rings is 1. The van der Waals surface area contributed by atoms with Gasteiger partial charge in [0.2, 0.25) is 5.91 Å². The number of hydrogen-bond acceptors (Lipinski definition) is 5. The molecule has 0 radical (unpaired) electrons. The average molecular weight is 492 g/mol. The van der Waals surface area contributed by atoms with E-state index in [0.29, 0.717) is 0 Å². The Morgan fingerprint density at radius 1 is 1.14 bits per heavy atom. The van der Waals surface area contributed by atoms with Crippen LogP contribution in [0.5, 0.6) is 0 Å². The first-order valence-corrected chi connectivity index (χ1v) is 11.5. The Kier molecular flexibility index (Phi) is 13.4. The molecule has 0 aliphatic rings. The van der Waals surface area contributed by atoms with Crippen molar-refractivity contribution in [3.63, 3.8) is 0 Å². The number of Topliss-reactive ketones (excluding diaryl/α,β-unsaturated/α-hetero) is 1. The van der Waals surface area contributed by atoms with Crippen LogP contribution in [0.4, 0.5) is 4.39 Å². The van der Waals surface area contributed by atoms with Gasteiger partial charge in [0.05, 0.1) is 18.5 Å². The van der Waals surface area contributed by atoms with Crippen molar-refractivity contribution in [3.8, 4) is 0 Å². The van der Waals surface area contributed by atoms with Crippen molar-refractivity contribution in [1.82, 2.24) is 15.1 Å². The lowest BCUT2D eigenvalue weighted by Crippen LogP contribution is -2.42. The minimum atomic E-state index is -1.15. The molecule has 8 nitrogen and oxygen atoms in total. The molecule has 0 saturated heterocycles. The van der Waals surface area contributed by atoms with Gasteiger partial charge >= 0.3 is 0 Å². The number of alkyl halides is 1. The van der Waals surface area contributed by atoms with Crippen molar-refractivity contribution in [2.75, 3.05) is 6.67 Å². The molecule has 2 atom stereocenters. The second kappa shape index (κ2) is 14.8. The zero-order valence-electron chi connectivity index (χ0n) is 21.9. The summed E-state index contributed by atoms with van der Waals surface area (Å²) in [4.78, 5) is 45.6. The molecule has 2 N–H and O–H groups in total. The van der Waals surface area contributed by atoms with Crippen LogP contribution in [0, 0.1) is 0 Å². The molecule has 0 spiro atoms. The molecule has 2 rings (SSSR count). The number of aromatic nitrogens is 2. The largest absolute Gasteiger partial charge is 0.481 e. The normalized spacial score (nSPS) is 12.1. The maximum Gasteiger partial charge on any atom is 0.300 e. The summed E-state index contributed by atoms with van der Waals surface area (Å²) in [6, 6.07) is 8.51. The van der Waals surface area contributed by atoms with Crippen molar-refractivity contribution in [2.24, 2.45) is 0 Å². The molecular weight excluding hydrogens is 453 g/mol. The number of aliphatic carboxylic acids is 1. The number of nitrogens with zero attached hydrogens (tertiary/aromatic N) is 2. The molecule has 0 aliphatic carbocycles. The van der Waals surface area contributed by atoms with Gasteiger partial charge in [-0.15, -0.1) is 0 Å². The monoisotopic (exact) mass is 491 g/mol. The van der Waals surface area contributed by atoms with Gasteiger partial charge in [0.25, 0.3) is 11.5 Å². The zero-order valence-corrected chi connectivity index (χ0v) is 21.9. The van der Waals surface area contributed by atoms with Gasteiger partial charge in [-0.05, 0) is 36.5 Å². The van der Waals surface area contributed by atoms with Crippen LogP contribution >= 0.6 is 0 Å². The maximum atomic E-state index is 12.9. The molecule has 0 bridgehead atoms. The molecule has 9 heteroatoms. The summed E-state index contributed by atoms with van der Waals surface area (Å²) in [5.74, 6) is -2.85. The molecule has 1 amide bonds. The fourth-order valence-electron chi connectivity index (χ4n) is 2.89. The van der Waals surface area contributed by atoms with Crippen molar-refractivity contribution < 1.29 is 23.9 Å². The van der Waals surface area contributed by atoms with E-state index >= 15 is 0 Å². The third-order valence-electron chi connectivity index (χ3n) is 4.90. The minimum absolute atomic E-state index is 0.0173. The summed E-state index contributed by atoms with van der Waals surface area (Å²) in [6.07, 6.45) is 1.48. The third kappa shape index (κ3) is 10.6. The average Bonchev–Trinajstić information content (AvgIpc) is 2.80. The highest BCUT2D eigenvalue weighted by molar-refractivity contribution is 5.91. The van der Waals surface area contributed by atoms with E-state index in [1.807, 2.05) is 38.1 Å². The number of carbonyl (C=O) groups is 3. The maximum absolute atomic E-state index is 12.9. The van der Waals surface area contributed by atoms with Crippen LogP contribution in [-0.2, 0) is 26.3 Å². The number of carboxylic acid groups (broad SMARTS) is 1.